The molecule has 0 saturated heterocycles. The van der Waals surface area contributed by atoms with Crippen molar-refractivity contribution in [2.75, 3.05) is 23.7 Å². The number of aromatic nitrogens is 3. The van der Waals surface area contributed by atoms with Crippen molar-refractivity contribution in [1.29, 1.82) is 0 Å². The number of nitrogens with two attached hydrogens (primary N) is 1. The predicted octanol–water partition coefficient (Wildman–Crippen LogP) is 3.79. The van der Waals surface area contributed by atoms with E-state index in [1.54, 1.807) is 0 Å². The maximum absolute atomic E-state index is 6.06. The molecule has 0 aliphatic heterocycles. The van der Waals surface area contributed by atoms with Crippen molar-refractivity contribution in [2.45, 2.75) is 19.3 Å². The number of nitrogens with one attached hydrogen (secondary N) is 2. The van der Waals surface area contributed by atoms with Crippen LogP contribution in [0.3, 0.4) is 0 Å². The molecule has 3 aromatic rings. The van der Waals surface area contributed by atoms with E-state index < -0.39 is 0 Å². The quantitative estimate of drug-likeness (QED) is 0.564. The fourth-order valence-electron chi connectivity index (χ4n) is 3.27. The SMILES string of the molecule is NCCCNc1nccc2c1CCc1cnc(Nc3cccc(Cl)c3)nc1-2. The van der Waals surface area contributed by atoms with E-state index in [0.717, 1.165) is 54.1 Å². The highest BCUT2D eigenvalue weighted by Crippen LogP contribution is 2.35. The summed E-state index contributed by atoms with van der Waals surface area (Å²) >= 11 is 6.06. The Morgan fingerprint density at radius 2 is 2.07 bits per heavy atom. The van der Waals surface area contributed by atoms with Gasteiger partial charge < -0.3 is 16.4 Å². The Morgan fingerprint density at radius 1 is 1.15 bits per heavy atom. The van der Waals surface area contributed by atoms with Crippen molar-refractivity contribution in [2.24, 2.45) is 5.73 Å². The summed E-state index contributed by atoms with van der Waals surface area (Å²) in [6.07, 6.45) is 6.46. The lowest BCUT2D eigenvalue weighted by molar-refractivity contribution is 0.858. The third-order valence-corrected chi connectivity index (χ3v) is 4.81. The molecular formula is C20H21ClN6. The van der Waals surface area contributed by atoms with E-state index >= 15 is 0 Å². The summed E-state index contributed by atoms with van der Waals surface area (Å²) in [5, 5.41) is 7.30. The van der Waals surface area contributed by atoms with E-state index in [0.29, 0.717) is 17.5 Å². The van der Waals surface area contributed by atoms with E-state index in [4.69, 9.17) is 22.3 Å². The Hall–Kier alpha value is -2.70. The van der Waals surface area contributed by atoms with Gasteiger partial charge in [-0.15, -0.1) is 0 Å². The largest absolute Gasteiger partial charge is 0.370 e. The third kappa shape index (κ3) is 3.86. The minimum atomic E-state index is 0.554. The highest BCUT2D eigenvalue weighted by Gasteiger charge is 2.21. The molecule has 1 aliphatic carbocycles. The second-order valence-corrected chi connectivity index (χ2v) is 6.89. The van der Waals surface area contributed by atoms with Gasteiger partial charge >= 0.3 is 0 Å². The number of fused-ring (bicyclic) bond motifs is 3. The number of nitrogens with zero attached hydrogens (tertiary/aromatic N) is 3. The zero-order valence-electron chi connectivity index (χ0n) is 14.9. The van der Waals surface area contributed by atoms with Crippen LogP contribution < -0.4 is 16.4 Å². The number of hydrogen-bond acceptors (Lipinski definition) is 6. The van der Waals surface area contributed by atoms with Crippen molar-refractivity contribution >= 4 is 29.1 Å². The lowest BCUT2D eigenvalue weighted by Gasteiger charge is -2.21. The smallest absolute Gasteiger partial charge is 0.227 e. The molecule has 6 nitrogen and oxygen atoms in total. The molecule has 7 heteroatoms. The van der Waals surface area contributed by atoms with E-state index in [1.165, 1.54) is 5.56 Å². The Labute approximate surface area is 163 Å². The Kier molecular flexibility index (Phi) is 5.18. The van der Waals surface area contributed by atoms with E-state index in [9.17, 15) is 0 Å². The van der Waals surface area contributed by atoms with Gasteiger partial charge in [-0.2, -0.15) is 0 Å². The van der Waals surface area contributed by atoms with Crippen molar-refractivity contribution in [3.63, 3.8) is 0 Å². The van der Waals surface area contributed by atoms with Gasteiger partial charge in [-0.05, 0) is 55.6 Å². The Balaban J connectivity index is 1.65. The summed E-state index contributed by atoms with van der Waals surface area (Å²) < 4.78 is 0. The molecule has 0 amide bonds. The fraction of sp³-hybridized carbons (Fsp3) is 0.250. The molecule has 0 fully saturated rings. The van der Waals surface area contributed by atoms with Gasteiger partial charge in [0.05, 0.1) is 5.69 Å². The standard InChI is InChI=1S/C20H21ClN6/c21-14-3-1-4-15(11-14)26-20-25-12-13-5-6-17-16(18(13)27-20)7-10-24-19(17)23-9-2-8-22/h1,3-4,7,10-12H,2,5-6,8-9,22H2,(H,23,24)(H,25,26,27). The van der Waals surface area contributed by atoms with Crippen LogP contribution >= 0.6 is 11.6 Å². The minimum Gasteiger partial charge on any atom is -0.370 e. The minimum absolute atomic E-state index is 0.554. The van der Waals surface area contributed by atoms with Crippen LogP contribution in [-0.2, 0) is 12.8 Å². The summed E-state index contributed by atoms with van der Waals surface area (Å²) in [5.74, 6) is 1.48. The number of benzene rings is 1. The van der Waals surface area contributed by atoms with Gasteiger partial charge in [0.2, 0.25) is 5.95 Å². The van der Waals surface area contributed by atoms with Gasteiger partial charge in [0.25, 0.3) is 0 Å². The molecular weight excluding hydrogens is 360 g/mol. The van der Waals surface area contributed by atoms with Crippen molar-refractivity contribution < 1.29 is 0 Å². The van der Waals surface area contributed by atoms with Crippen LogP contribution in [0.1, 0.15) is 17.5 Å². The number of pyridine rings is 1. The topological polar surface area (TPSA) is 88.8 Å². The molecule has 0 atom stereocenters. The van der Waals surface area contributed by atoms with Crippen LogP contribution in [0.25, 0.3) is 11.3 Å². The summed E-state index contributed by atoms with van der Waals surface area (Å²) in [4.78, 5) is 13.7. The number of aryl methyl sites for hydroxylation is 1. The molecule has 0 spiro atoms. The first-order valence-corrected chi connectivity index (χ1v) is 9.43. The Morgan fingerprint density at radius 3 is 2.93 bits per heavy atom. The number of halogens is 1. The van der Waals surface area contributed by atoms with Crippen molar-refractivity contribution in [3.05, 3.63) is 58.9 Å². The van der Waals surface area contributed by atoms with Gasteiger partial charge in [0, 0.05) is 40.8 Å². The number of anilines is 3. The van der Waals surface area contributed by atoms with Gasteiger partial charge in [-0.1, -0.05) is 17.7 Å². The molecule has 1 aliphatic rings. The van der Waals surface area contributed by atoms with Crippen LogP contribution in [0, 0.1) is 0 Å². The van der Waals surface area contributed by atoms with Crippen LogP contribution in [0.2, 0.25) is 5.02 Å². The highest BCUT2D eigenvalue weighted by molar-refractivity contribution is 6.30. The van der Waals surface area contributed by atoms with E-state index in [-0.39, 0.29) is 0 Å². The lowest BCUT2D eigenvalue weighted by Crippen LogP contribution is -2.14. The lowest BCUT2D eigenvalue weighted by atomic mass is 9.90. The molecule has 4 rings (SSSR count). The Bertz CT molecular complexity index is 959. The first-order chi connectivity index (χ1) is 13.2. The van der Waals surface area contributed by atoms with Gasteiger partial charge in [-0.3, -0.25) is 0 Å². The molecule has 0 unspecified atom stereocenters. The zero-order chi connectivity index (χ0) is 18.6. The first kappa shape index (κ1) is 17.7. The third-order valence-electron chi connectivity index (χ3n) is 4.57. The summed E-state index contributed by atoms with van der Waals surface area (Å²) in [5.41, 5.74) is 10.9. The molecule has 2 heterocycles. The summed E-state index contributed by atoms with van der Waals surface area (Å²) in [6, 6.07) is 9.54. The molecule has 0 bridgehead atoms. The molecule has 27 heavy (non-hydrogen) atoms. The maximum atomic E-state index is 6.06. The van der Waals surface area contributed by atoms with Gasteiger partial charge in [0.15, 0.2) is 0 Å². The molecule has 1 aromatic carbocycles. The van der Waals surface area contributed by atoms with E-state index in [2.05, 4.69) is 20.6 Å². The average molecular weight is 381 g/mol. The van der Waals surface area contributed by atoms with Crippen molar-refractivity contribution in [3.8, 4) is 11.3 Å². The average Bonchev–Trinajstić information content (AvgIpc) is 2.68. The summed E-state index contributed by atoms with van der Waals surface area (Å²) in [7, 11) is 0. The fourth-order valence-corrected chi connectivity index (χ4v) is 3.46. The molecule has 0 radical (unpaired) electrons. The van der Waals surface area contributed by atoms with Gasteiger partial charge in [-0.25, -0.2) is 15.0 Å². The van der Waals surface area contributed by atoms with Crippen molar-refractivity contribution in [1.82, 2.24) is 15.0 Å². The molecule has 0 saturated carbocycles. The van der Waals surface area contributed by atoms with Crippen LogP contribution in [0.5, 0.6) is 0 Å². The predicted molar refractivity (Wildman–Crippen MR) is 110 cm³/mol. The molecule has 2 aromatic heterocycles. The first-order valence-electron chi connectivity index (χ1n) is 9.05. The van der Waals surface area contributed by atoms with Gasteiger partial charge in [0.1, 0.15) is 5.82 Å². The number of rotatable bonds is 6. The number of hydrogen-bond donors (Lipinski definition) is 3. The summed E-state index contributed by atoms with van der Waals surface area (Å²) in [6.45, 7) is 1.48. The molecule has 138 valence electrons. The zero-order valence-corrected chi connectivity index (χ0v) is 15.6. The van der Waals surface area contributed by atoms with Crippen LogP contribution in [0.4, 0.5) is 17.5 Å². The van der Waals surface area contributed by atoms with E-state index in [1.807, 2.05) is 42.7 Å². The second kappa shape index (κ2) is 7.90. The molecule has 4 N–H and O–H groups in total. The normalized spacial score (nSPS) is 12.2. The maximum Gasteiger partial charge on any atom is 0.227 e. The highest BCUT2D eigenvalue weighted by atomic mass is 35.5. The van der Waals surface area contributed by atoms with Crippen LogP contribution in [-0.4, -0.2) is 28.0 Å². The van der Waals surface area contributed by atoms with Crippen LogP contribution in [0.15, 0.2) is 42.7 Å². The second-order valence-electron chi connectivity index (χ2n) is 6.46. The monoisotopic (exact) mass is 380 g/mol.